The number of anilines is 2. The molecule has 2 atom stereocenters. The molecule has 0 saturated heterocycles. The van der Waals surface area contributed by atoms with Crippen LogP contribution < -0.4 is 30.3 Å². The first-order valence-corrected chi connectivity index (χ1v) is 21.4. The molecule has 62 heavy (non-hydrogen) atoms. The van der Waals surface area contributed by atoms with E-state index in [2.05, 4.69) is 202 Å². The van der Waals surface area contributed by atoms with Crippen molar-refractivity contribution >= 4 is 23.5 Å². The molecule has 0 saturated carbocycles. The van der Waals surface area contributed by atoms with Crippen molar-refractivity contribution in [1.82, 2.24) is 10.9 Å². The van der Waals surface area contributed by atoms with Gasteiger partial charge in [-0.1, -0.05) is 163 Å². The zero-order chi connectivity index (χ0) is 43.7. The molecule has 0 amide bonds. The predicted molar refractivity (Wildman–Crippen MR) is 260 cm³/mol. The zero-order valence-electron chi connectivity index (χ0n) is 37.3. The van der Waals surface area contributed by atoms with E-state index < -0.39 is 0 Å². The summed E-state index contributed by atoms with van der Waals surface area (Å²) in [6.07, 6.45) is 13.1. The van der Waals surface area contributed by atoms with Gasteiger partial charge in [-0.3, -0.25) is 20.9 Å². The number of nitrogens with zero attached hydrogens (tertiary/aromatic N) is 2. The molecule has 0 fully saturated rings. The van der Waals surface area contributed by atoms with Gasteiger partial charge in [0, 0.05) is 0 Å². The van der Waals surface area contributed by atoms with E-state index in [-0.39, 0.29) is 22.9 Å². The van der Waals surface area contributed by atoms with Crippen LogP contribution in [-0.2, 0) is 10.8 Å². The Labute approximate surface area is 369 Å². The van der Waals surface area contributed by atoms with Crippen LogP contribution in [0, 0.1) is 0 Å². The summed E-state index contributed by atoms with van der Waals surface area (Å²) in [4.78, 5) is 0. The fourth-order valence-electron chi connectivity index (χ4n) is 7.45. The van der Waals surface area contributed by atoms with Crippen LogP contribution in [0.1, 0.15) is 87.0 Å². The second-order valence-corrected chi connectivity index (χ2v) is 17.7. The average Bonchev–Trinajstić information content (AvgIpc) is 3.94. The Hall–Kier alpha value is -6.92. The number of para-hydroxylation sites is 2. The Kier molecular flexibility index (Phi) is 13.4. The van der Waals surface area contributed by atoms with Gasteiger partial charge in [-0.2, -0.15) is 0 Å². The highest BCUT2D eigenvalue weighted by Crippen LogP contribution is 2.35. The van der Waals surface area contributed by atoms with Crippen LogP contribution in [0.5, 0.6) is 11.5 Å². The third kappa shape index (κ3) is 10.9. The summed E-state index contributed by atoms with van der Waals surface area (Å²) in [7, 11) is 3.36. The number of hydrazine groups is 2. The number of rotatable bonds is 10. The lowest BCUT2D eigenvalue weighted by Crippen LogP contribution is -2.34. The monoisotopic (exact) mass is 820 g/mol. The first-order valence-electron chi connectivity index (χ1n) is 21.4. The molecule has 8 rings (SSSR count). The molecule has 2 aliphatic heterocycles. The third-order valence-electron chi connectivity index (χ3n) is 11.2. The summed E-state index contributed by atoms with van der Waals surface area (Å²) in [5.74, 6) is 1.71. The number of methoxy groups -OCH3 is 2. The van der Waals surface area contributed by atoms with E-state index in [1.807, 2.05) is 54.6 Å². The van der Waals surface area contributed by atoms with Crippen LogP contribution in [-0.4, -0.2) is 14.2 Å². The predicted octanol–water partition coefficient (Wildman–Crippen LogP) is 13.3. The lowest BCUT2D eigenvalue weighted by Gasteiger charge is -2.28. The minimum absolute atomic E-state index is 0.0822. The van der Waals surface area contributed by atoms with E-state index >= 15 is 0 Å². The maximum atomic E-state index is 5.30. The molecule has 6 nitrogen and oxygen atoms in total. The van der Waals surface area contributed by atoms with Crippen LogP contribution in [0.4, 0.5) is 11.4 Å². The average molecular weight is 821 g/mol. The lowest BCUT2D eigenvalue weighted by molar-refractivity contribution is 0.414. The van der Waals surface area contributed by atoms with Gasteiger partial charge in [0.05, 0.1) is 49.1 Å². The molecule has 6 heteroatoms. The number of hydrogen-bond acceptors (Lipinski definition) is 6. The Bertz CT molecular complexity index is 2470. The highest BCUT2D eigenvalue weighted by Gasteiger charge is 2.27. The van der Waals surface area contributed by atoms with Crippen molar-refractivity contribution in [2.75, 3.05) is 24.2 Å². The fourth-order valence-corrected chi connectivity index (χ4v) is 7.45. The zero-order valence-corrected chi connectivity index (χ0v) is 37.3. The number of hydrogen-bond donors (Lipinski definition) is 2. The molecule has 0 aliphatic carbocycles. The van der Waals surface area contributed by atoms with Gasteiger partial charge < -0.3 is 9.47 Å². The molecule has 2 heterocycles. The number of benzene rings is 6. The largest absolute Gasteiger partial charge is 0.497 e. The molecule has 2 unspecified atom stereocenters. The summed E-state index contributed by atoms with van der Waals surface area (Å²) in [5.41, 5.74) is 19.4. The van der Waals surface area contributed by atoms with E-state index in [1.54, 1.807) is 14.2 Å². The van der Waals surface area contributed by atoms with Gasteiger partial charge in [0.1, 0.15) is 11.5 Å². The Morgan fingerprint density at radius 2 is 0.758 bits per heavy atom. The molecular weight excluding hydrogens is 761 g/mol. The molecule has 6 aromatic rings. The molecule has 0 bridgehead atoms. The number of ether oxygens (including phenoxy) is 2. The Balaban J connectivity index is 0.000000188. The van der Waals surface area contributed by atoms with E-state index in [1.165, 1.54) is 27.8 Å². The summed E-state index contributed by atoms with van der Waals surface area (Å²) in [6, 6.07) is 55.2. The summed E-state index contributed by atoms with van der Waals surface area (Å²) in [5, 5.41) is 4.42. The summed E-state index contributed by atoms with van der Waals surface area (Å²) < 4.78 is 10.5. The molecule has 0 aromatic heterocycles. The van der Waals surface area contributed by atoms with Gasteiger partial charge in [0.2, 0.25) is 0 Å². The van der Waals surface area contributed by atoms with Crippen molar-refractivity contribution < 1.29 is 9.47 Å². The molecule has 0 radical (unpaired) electrons. The van der Waals surface area contributed by atoms with Gasteiger partial charge in [-0.15, -0.1) is 0 Å². The van der Waals surface area contributed by atoms with Crippen molar-refractivity contribution in [2.45, 2.75) is 64.5 Å². The molecule has 2 aliphatic rings. The van der Waals surface area contributed by atoms with Crippen molar-refractivity contribution in [1.29, 1.82) is 0 Å². The minimum Gasteiger partial charge on any atom is -0.497 e. The van der Waals surface area contributed by atoms with Crippen molar-refractivity contribution in [3.63, 3.8) is 0 Å². The van der Waals surface area contributed by atoms with Crippen LogP contribution in [0.25, 0.3) is 12.2 Å². The molecule has 6 aromatic carbocycles. The normalized spacial score (nSPS) is 16.3. The van der Waals surface area contributed by atoms with Crippen LogP contribution in [0.3, 0.4) is 0 Å². The summed E-state index contributed by atoms with van der Waals surface area (Å²) in [6.45, 7) is 13.5. The molecule has 0 spiro atoms. The van der Waals surface area contributed by atoms with Crippen LogP contribution in [0.15, 0.2) is 193 Å². The lowest BCUT2D eigenvalue weighted by atomic mass is 9.86. The third-order valence-corrected chi connectivity index (χ3v) is 11.2. The minimum atomic E-state index is 0.0822. The van der Waals surface area contributed by atoms with Crippen molar-refractivity contribution in [3.8, 4) is 11.5 Å². The fraction of sp³-hybridized carbons (Fsp3) is 0.214. The first-order chi connectivity index (χ1) is 29.9. The van der Waals surface area contributed by atoms with Gasteiger partial charge in [0.15, 0.2) is 0 Å². The Morgan fingerprint density at radius 3 is 1.13 bits per heavy atom. The summed E-state index contributed by atoms with van der Waals surface area (Å²) >= 11 is 0. The molecule has 316 valence electrons. The van der Waals surface area contributed by atoms with Crippen molar-refractivity contribution in [2.24, 2.45) is 0 Å². The maximum absolute atomic E-state index is 5.30. The maximum Gasteiger partial charge on any atom is 0.118 e. The number of allylic oxidation sites excluding steroid dienone is 2. The van der Waals surface area contributed by atoms with Gasteiger partial charge in [-0.05, 0) is 117 Å². The van der Waals surface area contributed by atoms with E-state index in [9.17, 15) is 0 Å². The Morgan fingerprint density at radius 1 is 0.419 bits per heavy atom. The van der Waals surface area contributed by atoms with Gasteiger partial charge in [0.25, 0.3) is 0 Å². The highest BCUT2D eigenvalue weighted by molar-refractivity contribution is 5.60. The SMILES string of the molecule is CC(C)(C)c1ccc(C=CC2=CC(c3ccc(C(C)(C)C)cc3)N(c3ccccc3)N2)cc1.COc1ccc(C=CC2=CC(c3ccc(OC)cc3)N(c3ccccc3)N2)cc1. The van der Waals surface area contributed by atoms with E-state index in [4.69, 9.17) is 9.47 Å². The standard InChI is InChI=1S/C31H36N2.C25H24N2O2/c1-30(2,3)25-17-12-23(13-18-25)14-21-27-22-29(33(32-27)28-10-8-7-9-11-28)24-15-19-26(20-16-24)31(4,5)6;1-28-23-14-9-19(10-15-23)8-13-21-18-25(20-11-16-24(29-2)17-12-20)27(26-21)22-6-4-3-5-7-22/h7-22,29,32H,1-6H3;3-18,25-26H,1-2H3. The number of nitrogens with one attached hydrogen (secondary N) is 2. The van der Waals surface area contributed by atoms with Crippen molar-refractivity contribution in [3.05, 3.63) is 227 Å². The van der Waals surface area contributed by atoms with Gasteiger partial charge >= 0.3 is 0 Å². The van der Waals surface area contributed by atoms with E-state index in [0.717, 1.165) is 39.8 Å². The van der Waals surface area contributed by atoms with E-state index in [0.29, 0.717) is 0 Å². The highest BCUT2D eigenvalue weighted by atomic mass is 16.5. The first kappa shape index (κ1) is 43.2. The van der Waals surface area contributed by atoms with Crippen LogP contribution in [0.2, 0.25) is 0 Å². The van der Waals surface area contributed by atoms with Gasteiger partial charge in [-0.25, -0.2) is 0 Å². The topological polar surface area (TPSA) is 49.0 Å². The molecular formula is C56H60N4O2. The second-order valence-electron chi connectivity index (χ2n) is 17.7. The molecule has 2 N–H and O–H groups in total. The quantitative estimate of drug-likeness (QED) is 0.144. The van der Waals surface area contributed by atoms with Crippen LogP contribution >= 0.6 is 0 Å². The smallest absolute Gasteiger partial charge is 0.118 e. The second kappa shape index (κ2) is 19.2.